The summed E-state index contributed by atoms with van der Waals surface area (Å²) in [5.41, 5.74) is 1.67. The summed E-state index contributed by atoms with van der Waals surface area (Å²) in [6, 6.07) is 9.68. The van der Waals surface area contributed by atoms with E-state index in [4.69, 9.17) is 4.74 Å². The number of anilines is 1. The van der Waals surface area contributed by atoms with E-state index in [0.717, 1.165) is 24.6 Å². The van der Waals surface area contributed by atoms with Crippen LogP contribution in [0.15, 0.2) is 47.7 Å². The van der Waals surface area contributed by atoms with Gasteiger partial charge in [-0.15, -0.1) is 0 Å². The molecule has 25 heavy (non-hydrogen) atoms. The summed E-state index contributed by atoms with van der Waals surface area (Å²) < 4.78 is 7.36. The van der Waals surface area contributed by atoms with Gasteiger partial charge in [0.15, 0.2) is 5.96 Å². The molecule has 7 nitrogen and oxygen atoms in total. The topological polar surface area (TPSA) is 79.7 Å². The quantitative estimate of drug-likeness (QED) is 0.529. The Hall–Kier alpha value is -2.96. The van der Waals surface area contributed by atoms with Crippen molar-refractivity contribution in [1.29, 1.82) is 0 Å². The molecule has 0 atom stereocenters. The molecule has 0 bridgehead atoms. The van der Waals surface area contributed by atoms with Gasteiger partial charge in [0.05, 0.1) is 12.8 Å². The van der Waals surface area contributed by atoms with Crippen molar-refractivity contribution in [2.24, 2.45) is 4.99 Å². The fourth-order valence-corrected chi connectivity index (χ4v) is 2.38. The second-order valence-electron chi connectivity index (χ2n) is 5.49. The van der Waals surface area contributed by atoms with Gasteiger partial charge in [-0.05, 0) is 29.8 Å². The molecule has 0 fully saturated rings. The standard InChI is InChI=1S/C18H25N5O2/c1-14(24)22-16-12-15(6-7-17(16)25-3)13-21-18(19-2)20-8-11-23-9-4-5-10-23/h4-7,9-10,12H,8,11,13H2,1-3H3,(H,22,24)(H2,19,20,21). The number of guanidine groups is 1. The van der Waals surface area contributed by atoms with Crippen molar-refractivity contribution in [3.63, 3.8) is 0 Å². The van der Waals surface area contributed by atoms with Crippen molar-refractivity contribution in [2.75, 3.05) is 26.0 Å². The highest BCUT2D eigenvalue weighted by Gasteiger charge is 2.06. The van der Waals surface area contributed by atoms with Crippen molar-refractivity contribution < 1.29 is 9.53 Å². The largest absolute Gasteiger partial charge is 0.495 e. The summed E-state index contributed by atoms with van der Waals surface area (Å²) in [6.07, 6.45) is 4.05. The fraction of sp³-hybridized carbons (Fsp3) is 0.333. The molecule has 0 radical (unpaired) electrons. The number of rotatable bonds is 7. The minimum Gasteiger partial charge on any atom is -0.495 e. The minimum atomic E-state index is -0.133. The predicted molar refractivity (Wildman–Crippen MR) is 99.9 cm³/mol. The highest BCUT2D eigenvalue weighted by Crippen LogP contribution is 2.25. The summed E-state index contributed by atoms with van der Waals surface area (Å²) in [5.74, 6) is 1.23. The third kappa shape index (κ3) is 5.87. The molecule has 7 heteroatoms. The molecule has 0 aliphatic rings. The van der Waals surface area contributed by atoms with Gasteiger partial charge in [0.25, 0.3) is 0 Å². The Kier molecular flexibility index (Phi) is 6.88. The molecule has 0 aliphatic heterocycles. The summed E-state index contributed by atoms with van der Waals surface area (Å²) >= 11 is 0. The number of carbonyl (C=O) groups is 1. The van der Waals surface area contributed by atoms with E-state index in [1.807, 2.05) is 42.7 Å². The maximum atomic E-state index is 11.3. The van der Waals surface area contributed by atoms with Gasteiger partial charge in [0.2, 0.25) is 5.91 Å². The number of nitrogens with one attached hydrogen (secondary N) is 3. The van der Waals surface area contributed by atoms with Crippen LogP contribution in [-0.4, -0.2) is 37.1 Å². The third-order valence-corrected chi connectivity index (χ3v) is 3.59. The Labute approximate surface area is 148 Å². The van der Waals surface area contributed by atoms with Crippen molar-refractivity contribution >= 4 is 17.6 Å². The first kappa shape index (κ1) is 18.4. The summed E-state index contributed by atoms with van der Waals surface area (Å²) in [6.45, 7) is 3.69. The van der Waals surface area contributed by atoms with Crippen LogP contribution in [0.4, 0.5) is 5.69 Å². The molecule has 0 saturated carbocycles. The Morgan fingerprint density at radius 1 is 1.24 bits per heavy atom. The zero-order valence-electron chi connectivity index (χ0n) is 14.9. The van der Waals surface area contributed by atoms with Crippen LogP contribution in [-0.2, 0) is 17.9 Å². The zero-order valence-corrected chi connectivity index (χ0v) is 14.9. The lowest BCUT2D eigenvalue weighted by Gasteiger charge is -2.14. The monoisotopic (exact) mass is 343 g/mol. The normalized spacial score (nSPS) is 11.1. The van der Waals surface area contributed by atoms with Crippen LogP contribution >= 0.6 is 0 Å². The van der Waals surface area contributed by atoms with Gasteiger partial charge in [0.1, 0.15) is 5.75 Å². The summed E-state index contributed by atoms with van der Waals surface area (Å²) in [4.78, 5) is 15.5. The number of hydrogen-bond donors (Lipinski definition) is 3. The molecule has 0 aliphatic carbocycles. The van der Waals surface area contributed by atoms with E-state index < -0.39 is 0 Å². The average Bonchev–Trinajstić information content (AvgIpc) is 3.11. The molecule has 2 rings (SSSR count). The van der Waals surface area contributed by atoms with Crippen molar-refractivity contribution in [3.8, 4) is 5.75 Å². The van der Waals surface area contributed by atoms with E-state index in [9.17, 15) is 4.79 Å². The van der Waals surface area contributed by atoms with Gasteiger partial charge < -0.3 is 25.3 Å². The highest BCUT2D eigenvalue weighted by atomic mass is 16.5. The van der Waals surface area contributed by atoms with Crippen LogP contribution in [0.3, 0.4) is 0 Å². The van der Waals surface area contributed by atoms with Gasteiger partial charge in [-0.25, -0.2) is 0 Å². The van der Waals surface area contributed by atoms with Crippen LogP contribution in [0.1, 0.15) is 12.5 Å². The summed E-state index contributed by atoms with van der Waals surface area (Å²) in [5, 5.41) is 9.31. The molecule has 0 spiro atoms. The molecule has 0 unspecified atom stereocenters. The zero-order chi connectivity index (χ0) is 18.1. The number of ether oxygens (including phenoxy) is 1. The Bertz CT molecular complexity index is 710. The highest BCUT2D eigenvalue weighted by molar-refractivity contribution is 5.90. The van der Waals surface area contributed by atoms with Crippen LogP contribution in [0.25, 0.3) is 0 Å². The molecule has 0 saturated heterocycles. The lowest BCUT2D eigenvalue weighted by atomic mass is 10.2. The molecule has 3 N–H and O–H groups in total. The first-order valence-electron chi connectivity index (χ1n) is 8.12. The molecule has 1 heterocycles. The maximum absolute atomic E-state index is 11.3. The smallest absolute Gasteiger partial charge is 0.221 e. The molecule has 1 aromatic heterocycles. The Balaban J connectivity index is 1.88. The number of carbonyl (C=O) groups excluding carboxylic acids is 1. The fourth-order valence-electron chi connectivity index (χ4n) is 2.38. The second kappa shape index (κ2) is 9.36. The molecule has 1 amide bonds. The Morgan fingerprint density at radius 3 is 2.64 bits per heavy atom. The molecular formula is C18H25N5O2. The van der Waals surface area contributed by atoms with E-state index in [-0.39, 0.29) is 5.91 Å². The number of benzene rings is 1. The van der Waals surface area contributed by atoms with E-state index in [1.54, 1.807) is 14.2 Å². The van der Waals surface area contributed by atoms with Gasteiger partial charge in [-0.1, -0.05) is 6.07 Å². The number of hydrogen-bond acceptors (Lipinski definition) is 3. The van der Waals surface area contributed by atoms with E-state index in [0.29, 0.717) is 18.0 Å². The van der Waals surface area contributed by atoms with E-state index >= 15 is 0 Å². The molecule has 1 aromatic carbocycles. The number of amides is 1. The Morgan fingerprint density at radius 2 is 2.00 bits per heavy atom. The van der Waals surface area contributed by atoms with E-state index in [2.05, 4.69) is 25.5 Å². The molecular weight excluding hydrogens is 318 g/mol. The third-order valence-electron chi connectivity index (χ3n) is 3.59. The lowest BCUT2D eigenvalue weighted by Crippen LogP contribution is -2.38. The van der Waals surface area contributed by atoms with Gasteiger partial charge >= 0.3 is 0 Å². The second-order valence-corrected chi connectivity index (χ2v) is 5.49. The van der Waals surface area contributed by atoms with E-state index in [1.165, 1.54) is 6.92 Å². The lowest BCUT2D eigenvalue weighted by molar-refractivity contribution is -0.114. The van der Waals surface area contributed by atoms with Gasteiger partial charge in [-0.2, -0.15) is 0 Å². The first-order chi connectivity index (χ1) is 12.1. The SMILES string of the molecule is CN=C(NCCn1cccc1)NCc1ccc(OC)c(NC(C)=O)c1. The first-order valence-corrected chi connectivity index (χ1v) is 8.12. The van der Waals surface area contributed by atoms with Crippen molar-refractivity contribution in [3.05, 3.63) is 48.3 Å². The predicted octanol–water partition coefficient (Wildman–Crippen LogP) is 1.82. The molecule has 134 valence electrons. The number of aliphatic imine (C=N–C) groups is 1. The number of methoxy groups -OCH3 is 1. The minimum absolute atomic E-state index is 0.133. The van der Waals surface area contributed by atoms with Crippen LogP contribution < -0.4 is 20.7 Å². The molecule has 2 aromatic rings. The average molecular weight is 343 g/mol. The number of nitrogens with zero attached hydrogens (tertiary/aromatic N) is 2. The van der Waals surface area contributed by atoms with Crippen LogP contribution in [0.5, 0.6) is 5.75 Å². The van der Waals surface area contributed by atoms with Crippen molar-refractivity contribution in [1.82, 2.24) is 15.2 Å². The van der Waals surface area contributed by atoms with Crippen LogP contribution in [0.2, 0.25) is 0 Å². The van der Waals surface area contributed by atoms with Gasteiger partial charge in [-0.3, -0.25) is 9.79 Å². The van der Waals surface area contributed by atoms with Crippen LogP contribution in [0, 0.1) is 0 Å². The summed E-state index contributed by atoms with van der Waals surface area (Å²) in [7, 11) is 3.32. The van der Waals surface area contributed by atoms with Crippen molar-refractivity contribution in [2.45, 2.75) is 20.0 Å². The van der Waals surface area contributed by atoms with Gasteiger partial charge in [0, 0.05) is 46.0 Å². The maximum Gasteiger partial charge on any atom is 0.221 e. The number of aromatic nitrogens is 1.